The number of benzene rings is 3. The average molecular weight is 385 g/mol. The standard InChI is InChI=1S/C23H19N3OS/c1-16-11-13-17(14-12-16)20-15-21(26-25-20)23(27)24-19-9-5-6-10-22(19)28-18-7-3-2-4-8-18/h2-15H,1H3,(H,24,27)(H,25,26). The quantitative estimate of drug-likeness (QED) is 0.457. The molecule has 1 amide bonds. The summed E-state index contributed by atoms with van der Waals surface area (Å²) < 4.78 is 0. The van der Waals surface area contributed by atoms with E-state index < -0.39 is 0 Å². The van der Waals surface area contributed by atoms with E-state index in [2.05, 4.69) is 15.5 Å². The molecule has 0 radical (unpaired) electrons. The van der Waals surface area contributed by atoms with Crippen molar-refractivity contribution in [3.05, 3.63) is 96.2 Å². The zero-order chi connectivity index (χ0) is 19.3. The molecule has 1 aromatic heterocycles. The molecule has 0 saturated heterocycles. The van der Waals surface area contributed by atoms with Crippen molar-refractivity contribution in [1.29, 1.82) is 0 Å². The number of amides is 1. The van der Waals surface area contributed by atoms with Gasteiger partial charge in [0.25, 0.3) is 5.91 Å². The second-order valence-corrected chi connectivity index (χ2v) is 7.51. The van der Waals surface area contributed by atoms with Gasteiger partial charge in [-0.15, -0.1) is 0 Å². The second-order valence-electron chi connectivity index (χ2n) is 6.40. The number of aromatic amines is 1. The Hall–Kier alpha value is -3.31. The van der Waals surface area contributed by atoms with Crippen LogP contribution in [-0.4, -0.2) is 16.1 Å². The van der Waals surface area contributed by atoms with Crippen molar-refractivity contribution in [2.24, 2.45) is 0 Å². The van der Waals surface area contributed by atoms with Crippen molar-refractivity contribution >= 4 is 23.4 Å². The van der Waals surface area contributed by atoms with Crippen LogP contribution < -0.4 is 5.32 Å². The van der Waals surface area contributed by atoms with Gasteiger partial charge in [0.15, 0.2) is 0 Å². The van der Waals surface area contributed by atoms with Crippen LogP contribution in [0.15, 0.2) is 94.7 Å². The van der Waals surface area contributed by atoms with Crippen LogP contribution in [0.4, 0.5) is 5.69 Å². The molecule has 4 aromatic rings. The molecule has 0 aliphatic heterocycles. The first-order chi connectivity index (χ1) is 13.7. The number of H-pyrrole nitrogens is 1. The van der Waals surface area contributed by atoms with Crippen molar-refractivity contribution in [3.8, 4) is 11.3 Å². The van der Waals surface area contributed by atoms with E-state index in [1.807, 2.05) is 85.8 Å². The summed E-state index contributed by atoms with van der Waals surface area (Å²) in [5.41, 5.74) is 4.10. The molecule has 0 bridgehead atoms. The number of carbonyl (C=O) groups is 1. The maximum absolute atomic E-state index is 12.7. The molecule has 28 heavy (non-hydrogen) atoms. The maximum atomic E-state index is 12.7. The van der Waals surface area contributed by atoms with Crippen LogP contribution in [0.5, 0.6) is 0 Å². The van der Waals surface area contributed by atoms with E-state index in [1.54, 1.807) is 17.8 Å². The third-order valence-electron chi connectivity index (χ3n) is 4.28. The number of aromatic nitrogens is 2. The minimum absolute atomic E-state index is 0.216. The van der Waals surface area contributed by atoms with E-state index in [1.165, 1.54) is 5.56 Å². The Labute approximate surface area is 168 Å². The number of nitrogens with one attached hydrogen (secondary N) is 2. The van der Waals surface area contributed by atoms with E-state index in [0.717, 1.165) is 26.7 Å². The molecule has 1 heterocycles. The summed E-state index contributed by atoms with van der Waals surface area (Å²) in [5.74, 6) is -0.216. The number of para-hydroxylation sites is 1. The number of hydrogen-bond donors (Lipinski definition) is 2. The lowest BCUT2D eigenvalue weighted by Crippen LogP contribution is -2.12. The van der Waals surface area contributed by atoms with Crippen LogP contribution >= 0.6 is 11.8 Å². The van der Waals surface area contributed by atoms with E-state index in [0.29, 0.717) is 5.69 Å². The van der Waals surface area contributed by atoms with Gasteiger partial charge in [0.1, 0.15) is 5.69 Å². The smallest absolute Gasteiger partial charge is 0.273 e. The minimum atomic E-state index is -0.216. The molecule has 4 nitrogen and oxygen atoms in total. The molecule has 0 aliphatic carbocycles. The van der Waals surface area contributed by atoms with Gasteiger partial charge in [0, 0.05) is 15.4 Å². The van der Waals surface area contributed by atoms with E-state index in [9.17, 15) is 4.79 Å². The highest BCUT2D eigenvalue weighted by Crippen LogP contribution is 2.33. The van der Waals surface area contributed by atoms with Gasteiger partial charge < -0.3 is 5.32 Å². The summed E-state index contributed by atoms with van der Waals surface area (Å²) in [7, 11) is 0. The lowest BCUT2D eigenvalue weighted by Gasteiger charge is -2.10. The molecule has 0 saturated carbocycles. The summed E-state index contributed by atoms with van der Waals surface area (Å²) in [6.07, 6.45) is 0. The van der Waals surface area contributed by atoms with E-state index in [-0.39, 0.29) is 5.91 Å². The predicted molar refractivity (Wildman–Crippen MR) is 114 cm³/mol. The van der Waals surface area contributed by atoms with Gasteiger partial charge in [-0.05, 0) is 37.3 Å². The summed E-state index contributed by atoms with van der Waals surface area (Å²) in [5, 5.41) is 10.1. The molecule has 5 heteroatoms. The lowest BCUT2D eigenvalue weighted by molar-refractivity contribution is 0.102. The highest BCUT2D eigenvalue weighted by Gasteiger charge is 2.13. The molecule has 0 fully saturated rings. The molecule has 0 atom stereocenters. The molecule has 0 spiro atoms. The number of hydrogen-bond acceptors (Lipinski definition) is 3. The van der Waals surface area contributed by atoms with Crippen LogP contribution in [0.25, 0.3) is 11.3 Å². The molecule has 3 aromatic carbocycles. The molecular formula is C23H19N3OS. The van der Waals surface area contributed by atoms with Crippen LogP contribution in [0.2, 0.25) is 0 Å². The highest BCUT2D eigenvalue weighted by molar-refractivity contribution is 7.99. The zero-order valence-electron chi connectivity index (χ0n) is 15.3. The predicted octanol–water partition coefficient (Wildman–Crippen LogP) is 5.79. The first-order valence-electron chi connectivity index (χ1n) is 8.95. The Morgan fingerprint density at radius 2 is 1.64 bits per heavy atom. The Balaban J connectivity index is 1.52. The Morgan fingerprint density at radius 3 is 2.43 bits per heavy atom. The normalized spacial score (nSPS) is 10.6. The van der Waals surface area contributed by atoms with Gasteiger partial charge in [-0.3, -0.25) is 9.89 Å². The molecule has 0 unspecified atom stereocenters. The lowest BCUT2D eigenvalue weighted by atomic mass is 10.1. The van der Waals surface area contributed by atoms with Crippen molar-refractivity contribution < 1.29 is 4.79 Å². The van der Waals surface area contributed by atoms with Crippen molar-refractivity contribution in [2.75, 3.05) is 5.32 Å². The topological polar surface area (TPSA) is 57.8 Å². The number of carbonyl (C=O) groups excluding carboxylic acids is 1. The Kier molecular flexibility index (Phi) is 5.26. The number of aryl methyl sites for hydroxylation is 1. The summed E-state index contributed by atoms with van der Waals surface area (Å²) in [6, 6.07) is 27.7. The largest absolute Gasteiger partial charge is 0.320 e. The first kappa shape index (κ1) is 18.1. The minimum Gasteiger partial charge on any atom is -0.320 e. The van der Waals surface area contributed by atoms with Gasteiger partial charge in [-0.1, -0.05) is 71.9 Å². The monoisotopic (exact) mass is 385 g/mol. The zero-order valence-corrected chi connectivity index (χ0v) is 16.2. The van der Waals surface area contributed by atoms with E-state index in [4.69, 9.17) is 0 Å². The van der Waals surface area contributed by atoms with Gasteiger partial charge in [-0.25, -0.2) is 0 Å². The molecule has 4 rings (SSSR count). The summed E-state index contributed by atoms with van der Waals surface area (Å²) in [6.45, 7) is 2.04. The van der Waals surface area contributed by atoms with Crippen molar-refractivity contribution in [2.45, 2.75) is 16.7 Å². The Morgan fingerprint density at radius 1 is 0.929 bits per heavy atom. The average Bonchev–Trinajstić information content (AvgIpc) is 3.21. The van der Waals surface area contributed by atoms with Crippen LogP contribution in [0, 0.1) is 6.92 Å². The fourth-order valence-corrected chi connectivity index (χ4v) is 3.70. The maximum Gasteiger partial charge on any atom is 0.273 e. The number of nitrogens with zero attached hydrogens (tertiary/aromatic N) is 1. The number of anilines is 1. The van der Waals surface area contributed by atoms with Gasteiger partial charge in [0.05, 0.1) is 11.4 Å². The van der Waals surface area contributed by atoms with E-state index >= 15 is 0 Å². The van der Waals surface area contributed by atoms with Crippen LogP contribution in [-0.2, 0) is 0 Å². The molecule has 2 N–H and O–H groups in total. The molecular weight excluding hydrogens is 366 g/mol. The van der Waals surface area contributed by atoms with Gasteiger partial charge in [-0.2, -0.15) is 5.10 Å². The number of rotatable bonds is 5. The highest BCUT2D eigenvalue weighted by atomic mass is 32.2. The third kappa shape index (κ3) is 4.15. The van der Waals surface area contributed by atoms with Crippen molar-refractivity contribution in [1.82, 2.24) is 10.2 Å². The molecule has 0 aliphatic rings. The second kappa shape index (κ2) is 8.15. The molecule has 138 valence electrons. The fourth-order valence-electron chi connectivity index (χ4n) is 2.77. The van der Waals surface area contributed by atoms with Crippen molar-refractivity contribution in [3.63, 3.8) is 0 Å². The Bertz CT molecular complexity index is 1090. The summed E-state index contributed by atoms with van der Waals surface area (Å²) in [4.78, 5) is 14.8. The first-order valence-corrected chi connectivity index (χ1v) is 9.76. The van der Waals surface area contributed by atoms with Crippen LogP contribution in [0.3, 0.4) is 0 Å². The SMILES string of the molecule is Cc1ccc(-c2cc(C(=O)Nc3ccccc3Sc3ccccc3)[nH]n2)cc1. The van der Waals surface area contributed by atoms with Gasteiger partial charge in [0.2, 0.25) is 0 Å². The third-order valence-corrected chi connectivity index (χ3v) is 5.36. The van der Waals surface area contributed by atoms with Gasteiger partial charge >= 0.3 is 0 Å². The van der Waals surface area contributed by atoms with Crippen LogP contribution in [0.1, 0.15) is 16.1 Å². The fraction of sp³-hybridized carbons (Fsp3) is 0.0435. The summed E-state index contributed by atoms with van der Waals surface area (Å²) >= 11 is 1.61.